The van der Waals surface area contributed by atoms with Crippen LogP contribution in [-0.2, 0) is 0 Å². The first-order valence-electron chi connectivity index (χ1n) is 7.60. The minimum absolute atomic E-state index is 0.227. The van der Waals surface area contributed by atoms with Crippen molar-refractivity contribution in [3.05, 3.63) is 76.8 Å². The third-order valence-corrected chi connectivity index (χ3v) is 3.65. The number of aryl methyl sites for hydroxylation is 2. The van der Waals surface area contributed by atoms with Gasteiger partial charge in [0, 0.05) is 28.3 Å². The van der Waals surface area contributed by atoms with Gasteiger partial charge in [0.05, 0.1) is 0 Å². The molecular formula is C19H16BrF3N2O. The molecule has 0 aliphatic rings. The van der Waals surface area contributed by atoms with Gasteiger partial charge in [-0.05, 0) is 61.4 Å². The fraction of sp³-hybridized carbons (Fsp3) is 0.158. The van der Waals surface area contributed by atoms with Crippen LogP contribution in [0.25, 0.3) is 11.1 Å². The molecule has 0 unspecified atom stereocenters. The average molecular weight is 425 g/mol. The van der Waals surface area contributed by atoms with Crippen molar-refractivity contribution in [1.82, 2.24) is 9.97 Å². The average Bonchev–Trinajstić information content (AvgIpc) is 2.54. The van der Waals surface area contributed by atoms with Crippen LogP contribution in [0.3, 0.4) is 0 Å². The normalized spacial score (nSPS) is 10.7. The van der Waals surface area contributed by atoms with Crippen LogP contribution in [0.2, 0.25) is 0 Å². The van der Waals surface area contributed by atoms with Crippen molar-refractivity contribution in [1.29, 1.82) is 0 Å². The fourth-order valence-electron chi connectivity index (χ4n) is 2.11. The number of ether oxygens (including phenoxy) is 1. The zero-order valence-corrected chi connectivity index (χ0v) is 15.7. The lowest BCUT2D eigenvalue weighted by atomic mass is 10.1. The highest BCUT2D eigenvalue weighted by Crippen LogP contribution is 2.27. The molecule has 0 saturated carbocycles. The van der Waals surface area contributed by atoms with Gasteiger partial charge in [0.1, 0.15) is 5.75 Å². The van der Waals surface area contributed by atoms with Gasteiger partial charge in [-0.3, -0.25) is 9.97 Å². The van der Waals surface area contributed by atoms with E-state index in [1.54, 1.807) is 30.6 Å². The van der Waals surface area contributed by atoms with Crippen LogP contribution in [0.1, 0.15) is 11.4 Å². The summed E-state index contributed by atoms with van der Waals surface area (Å²) in [7, 11) is 0. The first kappa shape index (κ1) is 19.9. The van der Waals surface area contributed by atoms with Crippen LogP contribution in [0, 0.1) is 13.8 Å². The van der Waals surface area contributed by atoms with Crippen molar-refractivity contribution in [3.63, 3.8) is 0 Å². The fourth-order valence-corrected chi connectivity index (χ4v) is 2.56. The molecule has 26 heavy (non-hydrogen) atoms. The van der Waals surface area contributed by atoms with Gasteiger partial charge < -0.3 is 4.74 Å². The standard InChI is InChI=1S/C13H10F3NO.C6H6BrN/c1-9-7-11(5-6-17-9)10-3-2-4-12(8-10)18-13(14,15)16;1-5-4-6(7)2-3-8-5/h2-8H,1H3;2-4H,1H3. The monoisotopic (exact) mass is 424 g/mol. The second-order valence-electron chi connectivity index (χ2n) is 5.38. The Labute approximate surface area is 158 Å². The Balaban J connectivity index is 0.000000254. The number of pyridine rings is 2. The molecule has 2 heterocycles. The number of nitrogens with zero attached hydrogens (tertiary/aromatic N) is 2. The summed E-state index contributed by atoms with van der Waals surface area (Å²) in [5, 5.41) is 0. The van der Waals surface area contributed by atoms with E-state index in [9.17, 15) is 13.2 Å². The molecule has 0 fully saturated rings. The molecule has 0 atom stereocenters. The van der Waals surface area contributed by atoms with Crippen molar-refractivity contribution >= 4 is 15.9 Å². The number of benzene rings is 1. The molecule has 3 aromatic rings. The summed E-state index contributed by atoms with van der Waals surface area (Å²) >= 11 is 3.32. The third kappa shape index (κ3) is 6.84. The highest BCUT2D eigenvalue weighted by atomic mass is 79.9. The molecule has 0 saturated heterocycles. The Morgan fingerprint density at radius 1 is 0.846 bits per heavy atom. The van der Waals surface area contributed by atoms with Crippen molar-refractivity contribution in [2.45, 2.75) is 20.2 Å². The van der Waals surface area contributed by atoms with Crippen molar-refractivity contribution in [2.75, 3.05) is 0 Å². The van der Waals surface area contributed by atoms with E-state index >= 15 is 0 Å². The van der Waals surface area contributed by atoms with Crippen LogP contribution in [0.15, 0.2) is 65.4 Å². The maximum absolute atomic E-state index is 12.1. The van der Waals surface area contributed by atoms with E-state index in [-0.39, 0.29) is 5.75 Å². The van der Waals surface area contributed by atoms with Crippen molar-refractivity contribution in [3.8, 4) is 16.9 Å². The van der Waals surface area contributed by atoms with Gasteiger partial charge in [0.15, 0.2) is 0 Å². The van der Waals surface area contributed by atoms with Crippen LogP contribution < -0.4 is 4.74 Å². The molecule has 7 heteroatoms. The highest BCUT2D eigenvalue weighted by molar-refractivity contribution is 9.10. The van der Waals surface area contributed by atoms with Crippen LogP contribution >= 0.6 is 15.9 Å². The molecule has 1 aromatic carbocycles. The summed E-state index contributed by atoms with van der Waals surface area (Å²) in [6.45, 7) is 3.78. The second-order valence-corrected chi connectivity index (χ2v) is 6.29. The summed E-state index contributed by atoms with van der Waals surface area (Å²) in [5.74, 6) is -0.227. The molecular weight excluding hydrogens is 409 g/mol. The minimum atomic E-state index is -4.67. The number of aromatic nitrogens is 2. The SMILES string of the molecule is Cc1cc(-c2cccc(OC(F)(F)F)c2)ccn1.Cc1cc(Br)ccn1. The van der Waals surface area contributed by atoms with E-state index in [0.29, 0.717) is 5.56 Å². The van der Waals surface area contributed by atoms with Gasteiger partial charge in [-0.1, -0.05) is 28.1 Å². The summed E-state index contributed by atoms with van der Waals surface area (Å²) in [4.78, 5) is 8.05. The molecule has 0 aliphatic heterocycles. The number of alkyl halides is 3. The Kier molecular flexibility index (Phi) is 6.74. The Morgan fingerprint density at radius 3 is 2.00 bits per heavy atom. The highest BCUT2D eigenvalue weighted by Gasteiger charge is 2.31. The van der Waals surface area contributed by atoms with E-state index in [0.717, 1.165) is 21.4 Å². The second kappa shape index (κ2) is 8.80. The van der Waals surface area contributed by atoms with Gasteiger partial charge >= 0.3 is 6.36 Å². The maximum Gasteiger partial charge on any atom is 0.573 e. The van der Waals surface area contributed by atoms with E-state index in [1.165, 1.54) is 18.2 Å². The van der Waals surface area contributed by atoms with Gasteiger partial charge in [-0.15, -0.1) is 13.2 Å². The van der Waals surface area contributed by atoms with Crippen LogP contribution in [-0.4, -0.2) is 16.3 Å². The largest absolute Gasteiger partial charge is 0.573 e. The predicted molar refractivity (Wildman–Crippen MR) is 97.8 cm³/mol. The van der Waals surface area contributed by atoms with Gasteiger partial charge in [0.25, 0.3) is 0 Å². The third-order valence-electron chi connectivity index (χ3n) is 3.16. The van der Waals surface area contributed by atoms with E-state index in [4.69, 9.17) is 0 Å². The minimum Gasteiger partial charge on any atom is -0.406 e. The molecule has 0 bridgehead atoms. The number of hydrogen-bond acceptors (Lipinski definition) is 3. The first-order chi connectivity index (χ1) is 12.2. The zero-order chi connectivity index (χ0) is 19.2. The lowest BCUT2D eigenvalue weighted by Gasteiger charge is -2.10. The Bertz CT molecular complexity index is 852. The Morgan fingerprint density at radius 2 is 1.46 bits per heavy atom. The Hall–Kier alpha value is -2.41. The molecule has 0 spiro atoms. The molecule has 0 amide bonds. The lowest BCUT2D eigenvalue weighted by molar-refractivity contribution is -0.274. The van der Waals surface area contributed by atoms with Gasteiger partial charge in [-0.2, -0.15) is 0 Å². The van der Waals surface area contributed by atoms with Gasteiger partial charge in [-0.25, -0.2) is 0 Å². The summed E-state index contributed by atoms with van der Waals surface area (Å²) < 4.78 is 41.3. The lowest BCUT2D eigenvalue weighted by Crippen LogP contribution is -2.17. The number of rotatable bonds is 2. The van der Waals surface area contributed by atoms with E-state index in [2.05, 4.69) is 30.6 Å². The number of halogens is 4. The number of hydrogen-bond donors (Lipinski definition) is 0. The van der Waals surface area contributed by atoms with Crippen molar-refractivity contribution in [2.24, 2.45) is 0 Å². The molecule has 0 aliphatic carbocycles. The zero-order valence-electron chi connectivity index (χ0n) is 14.1. The molecule has 136 valence electrons. The topological polar surface area (TPSA) is 35.0 Å². The smallest absolute Gasteiger partial charge is 0.406 e. The quantitative estimate of drug-likeness (QED) is 0.497. The maximum atomic E-state index is 12.1. The summed E-state index contributed by atoms with van der Waals surface area (Å²) in [6, 6.07) is 13.3. The molecule has 0 radical (unpaired) electrons. The summed E-state index contributed by atoms with van der Waals surface area (Å²) in [6.07, 6.45) is -1.28. The molecule has 0 N–H and O–H groups in total. The summed E-state index contributed by atoms with van der Waals surface area (Å²) in [5.41, 5.74) is 3.30. The van der Waals surface area contributed by atoms with Gasteiger partial charge in [0.2, 0.25) is 0 Å². The predicted octanol–water partition coefficient (Wildman–Crippen LogP) is 6.11. The first-order valence-corrected chi connectivity index (χ1v) is 8.39. The molecule has 3 rings (SSSR count). The van der Waals surface area contributed by atoms with E-state index in [1.807, 2.05) is 26.0 Å². The van der Waals surface area contributed by atoms with E-state index < -0.39 is 6.36 Å². The molecule has 2 aromatic heterocycles. The van der Waals surface area contributed by atoms with Crippen molar-refractivity contribution < 1.29 is 17.9 Å². The van der Waals surface area contributed by atoms with Crippen LogP contribution in [0.4, 0.5) is 13.2 Å². The molecule has 3 nitrogen and oxygen atoms in total. The van der Waals surface area contributed by atoms with Crippen LogP contribution in [0.5, 0.6) is 5.75 Å².